The lowest BCUT2D eigenvalue weighted by Gasteiger charge is -2.22. The minimum absolute atomic E-state index is 0. The largest absolute Gasteiger partial charge is 0.507 e. The van der Waals surface area contributed by atoms with E-state index >= 15 is 0 Å². The molecule has 1 saturated heterocycles. The molecule has 0 aliphatic carbocycles. The zero-order valence-electron chi connectivity index (χ0n) is 18.6. The van der Waals surface area contributed by atoms with Crippen LogP contribution >= 0.6 is 0 Å². The lowest BCUT2D eigenvalue weighted by atomic mass is 9.92. The van der Waals surface area contributed by atoms with E-state index in [1.54, 1.807) is 12.1 Å². The Hall–Kier alpha value is -3.15. The van der Waals surface area contributed by atoms with Gasteiger partial charge in [-0.25, -0.2) is 9.97 Å². The third-order valence-electron chi connectivity index (χ3n) is 5.52. The van der Waals surface area contributed by atoms with Crippen molar-refractivity contribution in [3.05, 3.63) is 48.0 Å². The van der Waals surface area contributed by atoms with Crippen LogP contribution in [-0.4, -0.2) is 40.1 Å². The predicted octanol–water partition coefficient (Wildman–Crippen LogP) is 4.93. The van der Waals surface area contributed by atoms with E-state index in [2.05, 4.69) is 43.1 Å². The van der Waals surface area contributed by atoms with Gasteiger partial charge in [-0.2, -0.15) is 0 Å². The number of benzene rings is 2. The third kappa shape index (κ3) is 4.79. The van der Waals surface area contributed by atoms with Gasteiger partial charge in [0.05, 0.1) is 11.1 Å². The number of phenolic OH excluding ortho intramolecular Hbond substituents is 1. The molecule has 2 aromatic carbocycles. The lowest BCUT2D eigenvalue weighted by Crippen LogP contribution is -2.38. The van der Waals surface area contributed by atoms with Crippen molar-refractivity contribution in [2.45, 2.75) is 46.6 Å². The highest BCUT2D eigenvalue weighted by molar-refractivity contribution is 5.92. The van der Waals surface area contributed by atoms with Crippen molar-refractivity contribution in [2.24, 2.45) is 5.41 Å². The number of aryl methyl sites for hydroxylation is 1. The average molecular weight is 423 g/mol. The summed E-state index contributed by atoms with van der Waals surface area (Å²) in [6, 6.07) is 13.4. The zero-order chi connectivity index (χ0) is 22.2. The summed E-state index contributed by atoms with van der Waals surface area (Å²) < 4.78 is 0. The molecule has 0 saturated carbocycles. The second kappa shape index (κ2) is 8.17. The molecule has 1 atom stereocenters. The van der Waals surface area contributed by atoms with Crippen molar-refractivity contribution in [1.29, 1.82) is 0 Å². The van der Waals surface area contributed by atoms with E-state index in [1.807, 2.05) is 25.1 Å². The van der Waals surface area contributed by atoms with E-state index in [0.717, 1.165) is 35.2 Å². The van der Waals surface area contributed by atoms with Gasteiger partial charge in [-0.1, -0.05) is 39.0 Å². The van der Waals surface area contributed by atoms with Crippen LogP contribution in [-0.2, 0) is 4.79 Å². The molecule has 31 heavy (non-hydrogen) atoms. The molecule has 1 amide bonds. The van der Waals surface area contributed by atoms with E-state index < -0.39 is 0 Å². The molecule has 1 aliphatic rings. The van der Waals surface area contributed by atoms with Gasteiger partial charge in [-0.3, -0.25) is 4.79 Å². The van der Waals surface area contributed by atoms with Gasteiger partial charge in [0, 0.05) is 33.8 Å². The predicted molar refractivity (Wildman–Crippen MR) is 128 cm³/mol. The molecule has 166 valence electrons. The van der Waals surface area contributed by atoms with Crippen LogP contribution in [0.4, 0.5) is 5.82 Å². The molecule has 3 aromatic rings. The van der Waals surface area contributed by atoms with E-state index in [9.17, 15) is 9.90 Å². The summed E-state index contributed by atoms with van der Waals surface area (Å²) in [5.41, 5.74) is 2.55. The normalized spacial score (nSPS) is 16.6. The maximum absolute atomic E-state index is 12.4. The standard InChI is InChI=1S/C25H30N4O2.2H2/c1-16-9-10-18-20(13-16)27-23(19-7-5-6-8-21(19)30)28-24(18)29-12-11-17(15-29)26-22(31)14-25(2,3)4;;/h5-10,13,17,30H,11-12,14-15H2,1-4H3,(H,26,31);2*1H/t17-;;/m1../s1. The van der Waals surface area contributed by atoms with Gasteiger partial charge in [-0.05, 0) is 48.6 Å². The lowest BCUT2D eigenvalue weighted by molar-refractivity contribution is -0.123. The van der Waals surface area contributed by atoms with Crippen LogP contribution in [0.5, 0.6) is 5.75 Å². The maximum atomic E-state index is 12.4. The maximum Gasteiger partial charge on any atom is 0.220 e. The number of anilines is 1. The fourth-order valence-corrected chi connectivity index (χ4v) is 4.08. The topological polar surface area (TPSA) is 78.4 Å². The number of amides is 1. The fraction of sp³-hybridized carbons (Fsp3) is 0.400. The summed E-state index contributed by atoms with van der Waals surface area (Å²) in [6.07, 6.45) is 1.38. The molecular weight excluding hydrogens is 388 g/mol. The molecule has 0 spiro atoms. The van der Waals surface area contributed by atoms with Gasteiger partial charge in [-0.15, -0.1) is 0 Å². The molecule has 1 fully saturated rings. The summed E-state index contributed by atoms with van der Waals surface area (Å²) in [7, 11) is 0. The fourth-order valence-electron chi connectivity index (χ4n) is 4.08. The van der Waals surface area contributed by atoms with Crippen LogP contribution < -0.4 is 10.2 Å². The average Bonchev–Trinajstić information content (AvgIpc) is 3.13. The van der Waals surface area contributed by atoms with Gasteiger partial charge < -0.3 is 15.3 Å². The molecule has 0 unspecified atom stereocenters. The number of carbonyl (C=O) groups excluding carboxylic acids is 1. The van der Waals surface area contributed by atoms with Crippen molar-refractivity contribution in [2.75, 3.05) is 18.0 Å². The number of aromatic hydroxyl groups is 1. The highest BCUT2D eigenvalue weighted by Crippen LogP contribution is 2.33. The van der Waals surface area contributed by atoms with E-state index in [4.69, 9.17) is 9.97 Å². The van der Waals surface area contributed by atoms with E-state index in [0.29, 0.717) is 24.4 Å². The minimum atomic E-state index is -0.0321. The second-order valence-corrected chi connectivity index (χ2v) is 9.65. The summed E-state index contributed by atoms with van der Waals surface area (Å²) in [4.78, 5) is 24.2. The first kappa shape index (κ1) is 21.1. The van der Waals surface area contributed by atoms with Crippen LogP contribution in [0.1, 0.15) is 42.0 Å². The van der Waals surface area contributed by atoms with Crippen molar-refractivity contribution in [3.63, 3.8) is 0 Å². The summed E-state index contributed by atoms with van der Waals surface area (Å²) in [5, 5.41) is 14.5. The number of para-hydroxylation sites is 1. The number of fused-ring (bicyclic) bond motifs is 1. The number of hydrogen-bond donors (Lipinski definition) is 2. The van der Waals surface area contributed by atoms with Gasteiger partial charge in [0.2, 0.25) is 5.91 Å². The summed E-state index contributed by atoms with van der Waals surface area (Å²) in [5.74, 6) is 1.61. The van der Waals surface area contributed by atoms with Crippen molar-refractivity contribution in [1.82, 2.24) is 15.3 Å². The highest BCUT2D eigenvalue weighted by Gasteiger charge is 2.28. The number of carbonyl (C=O) groups is 1. The van der Waals surface area contributed by atoms with Gasteiger partial charge in [0.25, 0.3) is 0 Å². The number of aromatic nitrogens is 2. The molecule has 1 aliphatic heterocycles. The number of nitrogens with zero attached hydrogens (tertiary/aromatic N) is 3. The highest BCUT2D eigenvalue weighted by atomic mass is 16.3. The van der Waals surface area contributed by atoms with Crippen LogP contribution in [0.15, 0.2) is 42.5 Å². The molecule has 6 nitrogen and oxygen atoms in total. The molecule has 2 heterocycles. The van der Waals surface area contributed by atoms with Crippen molar-refractivity contribution in [3.8, 4) is 17.1 Å². The quantitative estimate of drug-likeness (QED) is 0.623. The Balaban J connectivity index is 0.00000193. The molecular formula is C25H34N4O2. The first-order valence-corrected chi connectivity index (χ1v) is 10.8. The number of rotatable bonds is 4. The number of nitrogens with one attached hydrogen (secondary N) is 1. The first-order valence-electron chi connectivity index (χ1n) is 10.8. The Morgan fingerprint density at radius 3 is 2.74 bits per heavy atom. The van der Waals surface area contributed by atoms with Crippen LogP contribution in [0, 0.1) is 12.3 Å². The Bertz CT molecular complexity index is 1130. The zero-order valence-corrected chi connectivity index (χ0v) is 18.6. The summed E-state index contributed by atoms with van der Waals surface area (Å²) >= 11 is 0. The third-order valence-corrected chi connectivity index (χ3v) is 5.52. The van der Waals surface area contributed by atoms with Crippen LogP contribution in [0.3, 0.4) is 0 Å². The van der Waals surface area contributed by atoms with Crippen LogP contribution in [0.2, 0.25) is 0 Å². The molecule has 2 N–H and O–H groups in total. The monoisotopic (exact) mass is 422 g/mol. The minimum Gasteiger partial charge on any atom is -0.507 e. The van der Waals surface area contributed by atoms with E-state index in [1.165, 1.54) is 0 Å². The first-order chi connectivity index (χ1) is 14.7. The summed E-state index contributed by atoms with van der Waals surface area (Å²) in [6.45, 7) is 9.77. The van der Waals surface area contributed by atoms with Crippen molar-refractivity contribution >= 4 is 22.6 Å². The van der Waals surface area contributed by atoms with Gasteiger partial charge in [0.1, 0.15) is 11.6 Å². The Kier molecular flexibility index (Phi) is 5.56. The number of hydrogen-bond acceptors (Lipinski definition) is 5. The SMILES string of the molecule is Cc1ccc2c(N3CC[C@@H](NC(=O)CC(C)(C)C)C3)nc(-c3ccccc3O)nc2c1.[HH].[HH]. The van der Waals surface area contributed by atoms with E-state index in [-0.39, 0.29) is 26.0 Å². The second-order valence-electron chi connectivity index (χ2n) is 9.65. The Morgan fingerprint density at radius 1 is 1.23 bits per heavy atom. The molecule has 0 radical (unpaired) electrons. The molecule has 0 bridgehead atoms. The van der Waals surface area contributed by atoms with Crippen LogP contribution in [0.25, 0.3) is 22.3 Å². The smallest absolute Gasteiger partial charge is 0.220 e. The van der Waals surface area contributed by atoms with Gasteiger partial charge >= 0.3 is 0 Å². The Labute approximate surface area is 186 Å². The van der Waals surface area contributed by atoms with Gasteiger partial charge in [0.15, 0.2) is 5.82 Å². The molecule has 1 aromatic heterocycles. The van der Waals surface area contributed by atoms with Crippen molar-refractivity contribution < 1.29 is 12.8 Å². The number of phenols is 1. The molecule has 6 heteroatoms. The Morgan fingerprint density at radius 2 is 2.00 bits per heavy atom. The molecule has 4 rings (SSSR count).